The first-order valence-corrected chi connectivity index (χ1v) is 13.1. The Balaban J connectivity index is 1.65. The second kappa shape index (κ2) is 12.7. The van der Waals surface area contributed by atoms with Crippen molar-refractivity contribution in [3.8, 4) is 0 Å². The average molecular weight is 507 g/mol. The lowest BCUT2D eigenvalue weighted by Crippen LogP contribution is -2.42. The first-order chi connectivity index (χ1) is 15.1. The fourth-order valence-corrected chi connectivity index (χ4v) is 5.39. The van der Waals surface area contributed by atoms with E-state index in [9.17, 15) is 18.0 Å². The minimum absolute atomic E-state index is 0.0458. The number of carbonyl (C=O) groups is 2. The van der Waals surface area contributed by atoms with Crippen LogP contribution in [-0.4, -0.2) is 82.2 Å². The molecule has 1 heterocycles. The minimum Gasteiger partial charge on any atom is -0.346 e. The lowest BCUT2D eigenvalue weighted by molar-refractivity contribution is -0.131. The highest BCUT2D eigenvalue weighted by Crippen LogP contribution is 2.30. The van der Waals surface area contributed by atoms with Crippen molar-refractivity contribution in [3.05, 3.63) is 27.7 Å². The number of amides is 2. The van der Waals surface area contributed by atoms with Gasteiger partial charge in [-0.15, -0.1) is 0 Å². The lowest BCUT2D eigenvalue weighted by Gasteiger charge is -2.19. The average Bonchev–Trinajstić information content (AvgIpc) is 3.26. The summed E-state index contributed by atoms with van der Waals surface area (Å²) in [7, 11) is -2.03. The summed E-state index contributed by atoms with van der Waals surface area (Å²) < 4.78 is 25.0. The fraction of sp³-hybridized carbons (Fsp3) is 0.619. The highest BCUT2D eigenvalue weighted by atomic mass is 35.5. The number of nitrogens with one attached hydrogen (secondary N) is 2. The monoisotopic (exact) mass is 506 g/mol. The summed E-state index contributed by atoms with van der Waals surface area (Å²) in [5, 5.41) is 5.54. The first kappa shape index (κ1) is 26.9. The van der Waals surface area contributed by atoms with E-state index in [4.69, 9.17) is 23.2 Å². The number of carbonyl (C=O) groups excluding carboxylic acids is 2. The molecule has 0 unspecified atom stereocenters. The Labute approximate surface area is 200 Å². The van der Waals surface area contributed by atoms with Crippen molar-refractivity contribution >= 4 is 44.9 Å². The number of hydrogen-bond donors (Lipinski definition) is 2. The molecule has 1 aromatic rings. The van der Waals surface area contributed by atoms with E-state index in [2.05, 4.69) is 15.5 Å². The van der Waals surface area contributed by atoms with Crippen LogP contribution in [0.2, 0.25) is 10.0 Å². The van der Waals surface area contributed by atoms with Gasteiger partial charge in [-0.1, -0.05) is 23.2 Å². The van der Waals surface area contributed by atoms with Crippen LogP contribution in [0, 0.1) is 6.92 Å². The summed E-state index contributed by atoms with van der Waals surface area (Å²) in [4.78, 5) is 28.1. The molecule has 2 N–H and O–H groups in total. The standard InChI is InChI=1S/C21H32Cl2N4O4S/c1-16-17(22)7-8-18(21(16)23)32(30,31)15-24-13-19(28)25-14-20(29)26(2)9-3-4-10-27-11-5-6-12-27/h7-8,24H,3-6,9-15H2,1-2H3,(H,25,28). The van der Waals surface area contributed by atoms with Crippen LogP contribution in [0.25, 0.3) is 0 Å². The van der Waals surface area contributed by atoms with Gasteiger partial charge in [0.25, 0.3) is 0 Å². The van der Waals surface area contributed by atoms with Crippen LogP contribution in [0.4, 0.5) is 0 Å². The second-order valence-corrected chi connectivity index (χ2v) is 10.8. The van der Waals surface area contributed by atoms with Crippen molar-refractivity contribution in [2.45, 2.75) is 37.5 Å². The summed E-state index contributed by atoms with van der Waals surface area (Å²) in [6.45, 7) is 5.31. The smallest absolute Gasteiger partial charge is 0.241 e. The van der Waals surface area contributed by atoms with Crippen molar-refractivity contribution < 1.29 is 18.0 Å². The third kappa shape index (κ3) is 8.19. The van der Waals surface area contributed by atoms with Crippen LogP contribution in [0.1, 0.15) is 31.2 Å². The predicted molar refractivity (Wildman–Crippen MR) is 127 cm³/mol. The van der Waals surface area contributed by atoms with E-state index < -0.39 is 21.6 Å². The zero-order valence-corrected chi connectivity index (χ0v) is 21.0. The summed E-state index contributed by atoms with van der Waals surface area (Å²) in [5.74, 6) is -1.11. The molecule has 2 rings (SSSR count). The Kier molecular flexibility index (Phi) is 10.7. The molecule has 0 atom stereocenters. The van der Waals surface area contributed by atoms with Gasteiger partial charge in [0.15, 0.2) is 9.84 Å². The van der Waals surface area contributed by atoms with Crippen LogP contribution >= 0.6 is 23.2 Å². The Morgan fingerprint density at radius 2 is 1.81 bits per heavy atom. The molecule has 0 spiro atoms. The van der Waals surface area contributed by atoms with Gasteiger partial charge in [0.2, 0.25) is 11.8 Å². The normalized spacial score (nSPS) is 14.5. The Hall–Kier alpha value is -1.39. The maximum Gasteiger partial charge on any atom is 0.241 e. The first-order valence-electron chi connectivity index (χ1n) is 10.7. The Bertz CT molecular complexity index is 905. The van der Waals surface area contributed by atoms with Crippen LogP contribution in [0.15, 0.2) is 17.0 Å². The molecule has 1 aromatic carbocycles. The number of benzene rings is 1. The lowest BCUT2D eigenvalue weighted by atomic mass is 10.2. The number of halogens is 2. The Morgan fingerprint density at radius 3 is 2.50 bits per heavy atom. The summed E-state index contributed by atoms with van der Waals surface area (Å²) in [6.07, 6.45) is 4.50. The molecular formula is C21H32Cl2N4O4S. The SMILES string of the molecule is Cc1c(Cl)ccc(S(=O)(=O)CNCC(=O)NCC(=O)N(C)CCCCN2CCCC2)c1Cl. The topological polar surface area (TPSA) is 98.8 Å². The second-order valence-electron chi connectivity index (χ2n) is 8.02. The predicted octanol–water partition coefficient (Wildman–Crippen LogP) is 2.07. The summed E-state index contributed by atoms with van der Waals surface area (Å²) in [5.41, 5.74) is 0.478. The molecule has 1 fully saturated rings. The highest BCUT2D eigenvalue weighted by molar-refractivity contribution is 7.91. The zero-order chi connectivity index (χ0) is 23.7. The number of unbranched alkanes of at least 4 members (excludes halogenated alkanes) is 1. The number of hydrogen-bond acceptors (Lipinski definition) is 6. The molecule has 0 bridgehead atoms. The van der Waals surface area contributed by atoms with Gasteiger partial charge in [0.1, 0.15) is 5.88 Å². The van der Waals surface area contributed by atoms with E-state index in [1.165, 1.54) is 38.1 Å². The molecule has 11 heteroatoms. The van der Waals surface area contributed by atoms with Gasteiger partial charge in [-0.25, -0.2) is 8.42 Å². The van der Waals surface area contributed by atoms with Crippen molar-refractivity contribution in [1.29, 1.82) is 0 Å². The van der Waals surface area contributed by atoms with E-state index in [1.807, 2.05) is 0 Å². The molecule has 32 heavy (non-hydrogen) atoms. The molecule has 0 aliphatic carbocycles. The molecule has 1 saturated heterocycles. The van der Waals surface area contributed by atoms with E-state index in [-0.39, 0.29) is 28.9 Å². The maximum absolute atomic E-state index is 12.5. The van der Waals surface area contributed by atoms with Crippen LogP contribution in [0.3, 0.4) is 0 Å². The fourth-order valence-electron chi connectivity index (χ4n) is 3.44. The maximum atomic E-state index is 12.5. The van der Waals surface area contributed by atoms with Crippen LogP contribution < -0.4 is 10.6 Å². The quantitative estimate of drug-likeness (QED) is 0.421. The van der Waals surface area contributed by atoms with Crippen molar-refractivity contribution in [3.63, 3.8) is 0 Å². The van der Waals surface area contributed by atoms with Gasteiger partial charge < -0.3 is 15.1 Å². The van der Waals surface area contributed by atoms with Gasteiger partial charge in [0, 0.05) is 18.6 Å². The number of rotatable bonds is 12. The van der Waals surface area contributed by atoms with Gasteiger partial charge in [-0.3, -0.25) is 14.9 Å². The summed E-state index contributed by atoms with van der Waals surface area (Å²) >= 11 is 12.0. The van der Waals surface area contributed by atoms with E-state index in [1.54, 1.807) is 18.9 Å². The molecule has 2 amide bonds. The van der Waals surface area contributed by atoms with E-state index in [0.717, 1.165) is 19.4 Å². The van der Waals surface area contributed by atoms with E-state index in [0.29, 0.717) is 17.1 Å². The molecule has 0 aromatic heterocycles. The molecule has 1 aliphatic heterocycles. The number of sulfone groups is 1. The third-order valence-corrected chi connectivity index (χ3v) is 8.08. The third-order valence-electron chi connectivity index (χ3n) is 5.48. The highest BCUT2D eigenvalue weighted by Gasteiger charge is 2.20. The largest absolute Gasteiger partial charge is 0.346 e. The van der Waals surface area contributed by atoms with Crippen LogP contribution in [-0.2, 0) is 19.4 Å². The van der Waals surface area contributed by atoms with Crippen molar-refractivity contribution in [2.24, 2.45) is 0 Å². The molecule has 0 radical (unpaired) electrons. The van der Waals surface area contributed by atoms with Gasteiger partial charge >= 0.3 is 0 Å². The van der Waals surface area contributed by atoms with E-state index >= 15 is 0 Å². The molecule has 180 valence electrons. The van der Waals surface area contributed by atoms with Gasteiger partial charge in [-0.2, -0.15) is 0 Å². The van der Waals surface area contributed by atoms with Gasteiger partial charge in [0.05, 0.1) is 23.0 Å². The molecule has 0 saturated carbocycles. The molecule has 8 nitrogen and oxygen atoms in total. The Morgan fingerprint density at radius 1 is 1.12 bits per heavy atom. The molecule has 1 aliphatic rings. The number of nitrogens with zero attached hydrogens (tertiary/aromatic N) is 2. The zero-order valence-electron chi connectivity index (χ0n) is 18.6. The van der Waals surface area contributed by atoms with Crippen LogP contribution in [0.5, 0.6) is 0 Å². The van der Waals surface area contributed by atoms with Gasteiger partial charge in [-0.05, 0) is 69.9 Å². The number of likely N-dealkylation sites (tertiary alicyclic amines) is 1. The van der Waals surface area contributed by atoms with Crippen molar-refractivity contribution in [2.75, 3.05) is 52.2 Å². The summed E-state index contributed by atoms with van der Waals surface area (Å²) in [6, 6.07) is 2.81. The number of likely N-dealkylation sites (N-methyl/N-ethyl adjacent to an activating group) is 1. The molecular weight excluding hydrogens is 475 g/mol. The van der Waals surface area contributed by atoms with Crippen molar-refractivity contribution in [1.82, 2.24) is 20.4 Å². The minimum atomic E-state index is -3.75.